The lowest BCUT2D eigenvalue weighted by atomic mass is 10.2. The van der Waals surface area contributed by atoms with E-state index in [1.54, 1.807) is 12.1 Å². The molecule has 0 bridgehead atoms. The SMILES string of the molecule is O=c1c2ccccc2nnn1CSc1nnc(N2CCOCC2)n1C1CC1. The minimum atomic E-state index is -0.140. The van der Waals surface area contributed by atoms with Crippen LogP contribution < -0.4 is 10.5 Å². The zero-order chi connectivity index (χ0) is 18.2. The summed E-state index contributed by atoms with van der Waals surface area (Å²) in [5.41, 5.74) is 0.471. The lowest BCUT2D eigenvalue weighted by Gasteiger charge is -2.27. The van der Waals surface area contributed by atoms with Gasteiger partial charge in [-0.15, -0.1) is 15.3 Å². The van der Waals surface area contributed by atoms with Gasteiger partial charge < -0.3 is 9.64 Å². The number of anilines is 1. The van der Waals surface area contributed by atoms with Crippen LogP contribution in [0.15, 0.2) is 34.2 Å². The van der Waals surface area contributed by atoms with E-state index in [9.17, 15) is 4.79 Å². The number of benzene rings is 1. The summed E-state index contributed by atoms with van der Waals surface area (Å²) in [6.45, 7) is 3.07. The molecule has 140 valence electrons. The van der Waals surface area contributed by atoms with Gasteiger partial charge in [-0.1, -0.05) is 29.1 Å². The molecule has 0 N–H and O–H groups in total. The fourth-order valence-electron chi connectivity index (χ4n) is 3.23. The number of aromatic nitrogens is 6. The highest BCUT2D eigenvalue weighted by Gasteiger charge is 2.32. The Bertz CT molecular complexity index is 1020. The molecule has 1 saturated heterocycles. The summed E-state index contributed by atoms with van der Waals surface area (Å²) in [4.78, 5) is 14.8. The van der Waals surface area contributed by atoms with Gasteiger partial charge in [-0.25, -0.2) is 0 Å². The average molecular weight is 385 g/mol. The number of hydrogen-bond acceptors (Lipinski definition) is 8. The highest BCUT2D eigenvalue weighted by molar-refractivity contribution is 7.98. The summed E-state index contributed by atoms with van der Waals surface area (Å²) < 4.78 is 9.03. The van der Waals surface area contributed by atoms with Crippen LogP contribution in [0, 0.1) is 0 Å². The normalized spacial score (nSPS) is 17.6. The van der Waals surface area contributed by atoms with Gasteiger partial charge in [0.25, 0.3) is 5.56 Å². The van der Waals surface area contributed by atoms with E-state index in [1.165, 1.54) is 16.4 Å². The van der Waals surface area contributed by atoms with E-state index in [1.807, 2.05) is 12.1 Å². The summed E-state index contributed by atoms with van der Waals surface area (Å²) in [5, 5.41) is 18.4. The third kappa shape index (κ3) is 3.19. The smallest absolute Gasteiger partial charge is 0.278 e. The van der Waals surface area contributed by atoms with Crippen molar-refractivity contribution in [2.75, 3.05) is 31.2 Å². The first-order valence-electron chi connectivity index (χ1n) is 9.04. The molecule has 2 fully saturated rings. The lowest BCUT2D eigenvalue weighted by molar-refractivity contribution is 0.121. The van der Waals surface area contributed by atoms with E-state index >= 15 is 0 Å². The van der Waals surface area contributed by atoms with Gasteiger partial charge >= 0.3 is 0 Å². The van der Waals surface area contributed by atoms with Gasteiger partial charge in [-0.2, -0.15) is 4.68 Å². The van der Waals surface area contributed by atoms with E-state index in [2.05, 4.69) is 30.0 Å². The Morgan fingerprint density at radius 2 is 1.93 bits per heavy atom. The van der Waals surface area contributed by atoms with Crippen LogP contribution in [0.25, 0.3) is 10.9 Å². The zero-order valence-electron chi connectivity index (χ0n) is 14.7. The molecule has 0 radical (unpaired) electrons. The van der Waals surface area contributed by atoms with Gasteiger partial charge in [-0.3, -0.25) is 9.36 Å². The highest BCUT2D eigenvalue weighted by atomic mass is 32.2. The number of ether oxygens (including phenoxy) is 1. The lowest BCUT2D eigenvalue weighted by Crippen LogP contribution is -2.38. The molecule has 1 aromatic carbocycles. The Labute approximate surface area is 159 Å². The predicted molar refractivity (Wildman–Crippen MR) is 101 cm³/mol. The molecule has 3 aromatic rings. The Hall–Kier alpha value is -2.46. The summed E-state index contributed by atoms with van der Waals surface area (Å²) in [5.74, 6) is 1.25. The van der Waals surface area contributed by atoms with Gasteiger partial charge in [0.1, 0.15) is 5.52 Å². The van der Waals surface area contributed by atoms with Crippen LogP contribution in [-0.4, -0.2) is 56.1 Å². The Morgan fingerprint density at radius 1 is 1.11 bits per heavy atom. The Kier molecular flexibility index (Phi) is 4.29. The molecular weight excluding hydrogens is 366 g/mol. The first-order chi connectivity index (χ1) is 13.3. The van der Waals surface area contributed by atoms with Crippen molar-refractivity contribution in [2.24, 2.45) is 0 Å². The molecule has 5 rings (SSSR count). The molecule has 27 heavy (non-hydrogen) atoms. The third-order valence-corrected chi connectivity index (χ3v) is 5.71. The van der Waals surface area contributed by atoms with Crippen LogP contribution in [0.3, 0.4) is 0 Å². The molecule has 0 spiro atoms. The van der Waals surface area contributed by atoms with Gasteiger partial charge in [0.05, 0.1) is 24.5 Å². The van der Waals surface area contributed by atoms with Gasteiger partial charge in [0.2, 0.25) is 5.95 Å². The van der Waals surface area contributed by atoms with Crippen molar-refractivity contribution >= 4 is 28.6 Å². The Morgan fingerprint density at radius 3 is 2.74 bits per heavy atom. The molecule has 0 atom stereocenters. The molecule has 2 aromatic heterocycles. The summed E-state index contributed by atoms with van der Waals surface area (Å²) >= 11 is 1.47. The molecule has 0 unspecified atom stereocenters. The molecule has 10 heteroatoms. The van der Waals surface area contributed by atoms with Crippen molar-refractivity contribution in [1.29, 1.82) is 0 Å². The maximum Gasteiger partial charge on any atom is 0.278 e. The molecule has 2 aliphatic rings. The van der Waals surface area contributed by atoms with E-state index < -0.39 is 0 Å². The maximum atomic E-state index is 12.6. The third-order valence-electron chi connectivity index (χ3n) is 4.80. The van der Waals surface area contributed by atoms with Crippen LogP contribution >= 0.6 is 11.8 Å². The number of hydrogen-bond donors (Lipinski definition) is 0. The summed E-state index contributed by atoms with van der Waals surface area (Å²) in [6.07, 6.45) is 2.28. The van der Waals surface area contributed by atoms with Crippen LogP contribution in [0.5, 0.6) is 0 Å². The first-order valence-corrected chi connectivity index (χ1v) is 10.0. The maximum absolute atomic E-state index is 12.6. The zero-order valence-corrected chi connectivity index (χ0v) is 15.5. The molecule has 1 aliphatic heterocycles. The minimum absolute atomic E-state index is 0.140. The molecular formula is C17H19N7O2S. The predicted octanol–water partition coefficient (Wildman–Crippen LogP) is 1.30. The van der Waals surface area contributed by atoms with Crippen LogP contribution in [0.1, 0.15) is 18.9 Å². The number of morpholine rings is 1. The number of fused-ring (bicyclic) bond motifs is 1. The van der Waals surface area contributed by atoms with Crippen LogP contribution in [-0.2, 0) is 10.6 Å². The largest absolute Gasteiger partial charge is 0.378 e. The van der Waals surface area contributed by atoms with Crippen molar-refractivity contribution in [3.63, 3.8) is 0 Å². The average Bonchev–Trinajstić information content (AvgIpc) is 3.47. The van der Waals surface area contributed by atoms with Gasteiger partial charge in [-0.05, 0) is 25.0 Å². The van der Waals surface area contributed by atoms with E-state index in [4.69, 9.17) is 4.74 Å². The molecule has 9 nitrogen and oxygen atoms in total. The van der Waals surface area contributed by atoms with E-state index in [0.717, 1.165) is 37.0 Å². The van der Waals surface area contributed by atoms with Crippen molar-refractivity contribution < 1.29 is 4.74 Å². The second-order valence-corrected chi connectivity index (χ2v) is 7.58. The second kappa shape index (κ2) is 6.93. The second-order valence-electron chi connectivity index (χ2n) is 6.67. The first kappa shape index (κ1) is 16.7. The van der Waals surface area contributed by atoms with Crippen LogP contribution in [0.4, 0.5) is 5.95 Å². The molecule has 1 aliphatic carbocycles. The summed E-state index contributed by atoms with van der Waals surface area (Å²) in [6, 6.07) is 7.69. The highest BCUT2D eigenvalue weighted by Crippen LogP contribution is 2.41. The number of thioether (sulfide) groups is 1. The Balaban J connectivity index is 1.41. The van der Waals surface area contributed by atoms with Crippen LogP contribution in [0.2, 0.25) is 0 Å². The molecule has 0 amide bonds. The number of rotatable bonds is 5. The van der Waals surface area contributed by atoms with Crippen molar-refractivity contribution in [3.8, 4) is 0 Å². The fraction of sp³-hybridized carbons (Fsp3) is 0.471. The number of nitrogens with zero attached hydrogens (tertiary/aromatic N) is 7. The quantitative estimate of drug-likeness (QED) is 0.607. The molecule has 3 heterocycles. The fourth-order valence-corrected chi connectivity index (χ4v) is 4.10. The van der Waals surface area contributed by atoms with Crippen molar-refractivity contribution in [3.05, 3.63) is 34.6 Å². The van der Waals surface area contributed by atoms with E-state index in [-0.39, 0.29) is 5.56 Å². The standard InChI is InChI=1S/C17H19N7O2S/c25-15-13-3-1-2-4-14(13)18-21-23(15)11-27-17-20-19-16(24(17)12-5-6-12)22-7-9-26-10-8-22/h1-4,12H,5-11H2. The van der Waals surface area contributed by atoms with Gasteiger partial charge in [0, 0.05) is 19.1 Å². The summed E-state index contributed by atoms with van der Waals surface area (Å²) in [7, 11) is 0. The van der Waals surface area contributed by atoms with Crippen molar-refractivity contribution in [2.45, 2.75) is 29.9 Å². The van der Waals surface area contributed by atoms with Gasteiger partial charge in [0.15, 0.2) is 5.16 Å². The topological polar surface area (TPSA) is 91.0 Å². The minimum Gasteiger partial charge on any atom is -0.378 e. The monoisotopic (exact) mass is 385 g/mol. The molecule has 1 saturated carbocycles. The van der Waals surface area contributed by atoms with E-state index in [0.29, 0.717) is 36.0 Å². The van der Waals surface area contributed by atoms with Crippen molar-refractivity contribution in [1.82, 2.24) is 29.8 Å².